The molecule has 26 heavy (non-hydrogen) atoms. The molecule has 0 aliphatic heterocycles. The number of hydrogen-bond donors (Lipinski definition) is 1. The van der Waals surface area contributed by atoms with Crippen LogP contribution in [0.3, 0.4) is 0 Å². The zero-order chi connectivity index (χ0) is 18.7. The minimum Gasteiger partial charge on any atom is -0.421 e. The number of rotatable bonds is 6. The lowest BCUT2D eigenvalue weighted by molar-refractivity contribution is 0.502. The van der Waals surface area contributed by atoms with Crippen LogP contribution in [0.2, 0.25) is 5.02 Å². The van der Waals surface area contributed by atoms with Crippen LogP contribution < -0.4 is 4.72 Å². The van der Waals surface area contributed by atoms with Gasteiger partial charge in [0, 0.05) is 23.6 Å². The minimum atomic E-state index is -3.64. The Bertz CT molecular complexity index is 1010. The first-order valence-corrected chi connectivity index (χ1v) is 9.86. The van der Waals surface area contributed by atoms with Crippen molar-refractivity contribution in [2.75, 3.05) is 6.54 Å². The van der Waals surface area contributed by atoms with E-state index in [2.05, 4.69) is 14.9 Å². The molecule has 0 atom stereocenters. The average molecular weight is 392 g/mol. The number of aryl methyl sites for hydroxylation is 2. The Morgan fingerprint density at radius 3 is 2.50 bits per heavy atom. The van der Waals surface area contributed by atoms with Crippen molar-refractivity contribution < 1.29 is 12.8 Å². The van der Waals surface area contributed by atoms with E-state index in [0.29, 0.717) is 16.8 Å². The van der Waals surface area contributed by atoms with Crippen molar-refractivity contribution in [3.05, 3.63) is 64.5 Å². The van der Waals surface area contributed by atoms with Gasteiger partial charge in [0.25, 0.3) is 0 Å². The molecular formula is C18H18ClN3O3S. The van der Waals surface area contributed by atoms with E-state index in [9.17, 15) is 8.42 Å². The van der Waals surface area contributed by atoms with Crippen LogP contribution in [0.25, 0.3) is 11.5 Å². The third-order valence-corrected chi connectivity index (χ3v) is 5.72. The van der Waals surface area contributed by atoms with E-state index >= 15 is 0 Å². The number of sulfonamides is 1. The largest absolute Gasteiger partial charge is 0.421 e. The molecule has 3 aromatic rings. The van der Waals surface area contributed by atoms with Crippen molar-refractivity contribution in [3.8, 4) is 11.5 Å². The number of aromatic nitrogens is 2. The smallest absolute Gasteiger partial charge is 0.247 e. The van der Waals surface area contributed by atoms with Crippen molar-refractivity contribution >= 4 is 21.6 Å². The summed E-state index contributed by atoms with van der Waals surface area (Å²) in [6.07, 6.45) is 0.289. The van der Waals surface area contributed by atoms with E-state index in [1.807, 2.05) is 38.1 Å². The molecule has 0 radical (unpaired) electrons. The van der Waals surface area contributed by atoms with Gasteiger partial charge in [-0.15, -0.1) is 10.2 Å². The van der Waals surface area contributed by atoms with Gasteiger partial charge in [-0.05, 0) is 43.7 Å². The van der Waals surface area contributed by atoms with Crippen LogP contribution in [0.4, 0.5) is 0 Å². The fourth-order valence-corrected chi connectivity index (χ4v) is 3.59. The molecule has 3 rings (SSSR count). The molecule has 0 spiro atoms. The molecule has 0 amide bonds. The zero-order valence-corrected chi connectivity index (χ0v) is 15.9. The molecule has 6 nitrogen and oxygen atoms in total. The summed E-state index contributed by atoms with van der Waals surface area (Å²) in [6, 6.07) is 12.3. The molecule has 1 aromatic heterocycles. The lowest BCUT2D eigenvalue weighted by Crippen LogP contribution is -2.26. The molecule has 0 fully saturated rings. The molecular weight excluding hydrogens is 374 g/mol. The highest BCUT2D eigenvalue weighted by Gasteiger charge is 2.15. The van der Waals surface area contributed by atoms with Crippen molar-refractivity contribution in [2.45, 2.75) is 25.2 Å². The zero-order valence-electron chi connectivity index (χ0n) is 14.4. The third kappa shape index (κ3) is 4.30. The molecule has 8 heteroatoms. The summed E-state index contributed by atoms with van der Waals surface area (Å²) in [5.41, 5.74) is 2.78. The molecule has 0 saturated carbocycles. The second kappa shape index (κ2) is 7.57. The Hall–Kier alpha value is -2.22. The van der Waals surface area contributed by atoms with Gasteiger partial charge in [0.2, 0.25) is 21.8 Å². The molecule has 0 unspecified atom stereocenters. The highest BCUT2D eigenvalue weighted by atomic mass is 35.5. The van der Waals surface area contributed by atoms with Gasteiger partial charge < -0.3 is 4.42 Å². The Labute approximate surface area is 157 Å². The molecule has 0 aliphatic carbocycles. The van der Waals surface area contributed by atoms with Crippen LogP contribution in [0, 0.1) is 13.8 Å². The summed E-state index contributed by atoms with van der Waals surface area (Å²) >= 11 is 6.00. The number of benzene rings is 2. The quantitative estimate of drug-likeness (QED) is 0.694. The second-order valence-electron chi connectivity index (χ2n) is 5.93. The molecule has 2 aromatic carbocycles. The Kier molecular flexibility index (Phi) is 5.41. The summed E-state index contributed by atoms with van der Waals surface area (Å²) in [7, 11) is -3.64. The van der Waals surface area contributed by atoms with Gasteiger partial charge >= 0.3 is 0 Å². The van der Waals surface area contributed by atoms with Crippen molar-refractivity contribution in [3.63, 3.8) is 0 Å². The first-order valence-electron chi connectivity index (χ1n) is 8.00. The molecule has 0 bridgehead atoms. The monoisotopic (exact) mass is 391 g/mol. The standard InChI is InChI=1S/C18H18ClN3O3S/c1-12-3-6-14(7-4-12)18-22-21-17(25-18)9-10-20-26(23,24)15-8-5-13(2)16(19)11-15/h3-8,11,20H,9-10H2,1-2H3. The number of halogens is 1. The molecule has 136 valence electrons. The van der Waals surface area contributed by atoms with Crippen molar-refractivity contribution in [1.29, 1.82) is 0 Å². The molecule has 0 saturated heterocycles. The topological polar surface area (TPSA) is 85.1 Å². The molecule has 1 N–H and O–H groups in total. The van der Waals surface area contributed by atoms with Gasteiger partial charge in [0.05, 0.1) is 4.90 Å². The van der Waals surface area contributed by atoms with Crippen LogP contribution in [0.1, 0.15) is 17.0 Å². The summed E-state index contributed by atoms with van der Waals surface area (Å²) in [5.74, 6) is 0.776. The van der Waals surface area contributed by atoms with E-state index in [1.165, 1.54) is 12.1 Å². The van der Waals surface area contributed by atoms with E-state index in [4.69, 9.17) is 16.0 Å². The van der Waals surface area contributed by atoms with E-state index in [-0.39, 0.29) is 17.9 Å². The van der Waals surface area contributed by atoms with Gasteiger partial charge in [-0.3, -0.25) is 0 Å². The summed E-state index contributed by atoms with van der Waals surface area (Å²) in [5, 5.41) is 8.37. The van der Waals surface area contributed by atoms with E-state index in [0.717, 1.165) is 16.7 Å². The Balaban J connectivity index is 1.62. The highest BCUT2D eigenvalue weighted by Crippen LogP contribution is 2.20. The van der Waals surface area contributed by atoms with Crippen LogP contribution in [0.5, 0.6) is 0 Å². The van der Waals surface area contributed by atoms with Gasteiger partial charge in [-0.1, -0.05) is 35.4 Å². The maximum absolute atomic E-state index is 12.3. The summed E-state index contributed by atoms with van der Waals surface area (Å²) in [6.45, 7) is 3.95. The molecule has 0 aliphatic rings. The van der Waals surface area contributed by atoms with Crippen molar-refractivity contribution in [1.82, 2.24) is 14.9 Å². The predicted molar refractivity (Wildman–Crippen MR) is 99.6 cm³/mol. The van der Waals surface area contributed by atoms with Gasteiger partial charge in [0.15, 0.2) is 0 Å². The number of nitrogens with one attached hydrogen (secondary N) is 1. The van der Waals surface area contributed by atoms with Crippen LogP contribution >= 0.6 is 11.6 Å². The third-order valence-electron chi connectivity index (χ3n) is 3.85. The normalized spacial score (nSPS) is 11.7. The average Bonchev–Trinajstić information content (AvgIpc) is 3.06. The predicted octanol–water partition coefficient (Wildman–Crippen LogP) is 3.53. The Morgan fingerprint density at radius 2 is 1.81 bits per heavy atom. The fourth-order valence-electron chi connectivity index (χ4n) is 2.28. The van der Waals surface area contributed by atoms with E-state index < -0.39 is 10.0 Å². The second-order valence-corrected chi connectivity index (χ2v) is 8.10. The number of nitrogens with zero attached hydrogens (tertiary/aromatic N) is 2. The van der Waals surface area contributed by atoms with Gasteiger partial charge in [-0.25, -0.2) is 13.1 Å². The van der Waals surface area contributed by atoms with Crippen molar-refractivity contribution in [2.24, 2.45) is 0 Å². The lowest BCUT2D eigenvalue weighted by Gasteiger charge is -2.07. The Morgan fingerprint density at radius 1 is 1.08 bits per heavy atom. The highest BCUT2D eigenvalue weighted by molar-refractivity contribution is 7.89. The van der Waals surface area contributed by atoms with Gasteiger partial charge in [-0.2, -0.15) is 0 Å². The number of hydrogen-bond acceptors (Lipinski definition) is 5. The molecule has 1 heterocycles. The maximum atomic E-state index is 12.3. The fraction of sp³-hybridized carbons (Fsp3) is 0.222. The minimum absolute atomic E-state index is 0.124. The maximum Gasteiger partial charge on any atom is 0.247 e. The van der Waals surface area contributed by atoms with Gasteiger partial charge in [0.1, 0.15) is 0 Å². The summed E-state index contributed by atoms with van der Waals surface area (Å²) in [4.78, 5) is 0.124. The van der Waals surface area contributed by atoms with Crippen LogP contribution in [0.15, 0.2) is 51.8 Å². The van der Waals surface area contributed by atoms with E-state index in [1.54, 1.807) is 6.07 Å². The first kappa shape index (κ1) is 18.6. The first-order chi connectivity index (χ1) is 12.3. The van der Waals surface area contributed by atoms with Crippen LogP contribution in [-0.2, 0) is 16.4 Å². The van der Waals surface area contributed by atoms with Crippen LogP contribution in [-0.4, -0.2) is 25.2 Å². The lowest BCUT2D eigenvalue weighted by atomic mass is 10.1. The SMILES string of the molecule is Cc1ccc(-c2nnc(CCNS(=O)(=O)c3ccc(C)c(Cl)c3)o2)cc1. The summed E-state index contributed by atoms with van der Waals surface area (Å²) < 4.78 is 32.7.